The van der Waals surface area contributed by atoms with Gasteiger partial charge >= 0.3 is 15.2 Å². The average Bonchev–Trinajstić information content (AvgIpc) is 2.61. The van der Waals surface area contributed by atoms with Crippen molar-refractivity contribution in [3.8, 4) is 0 Å². The first kappa shape index (κ1) is 20.0. The zero-order valence-corrected chi connectivity index (χ0v) is 15.6. The molecule has 2 aromatic rings. The zero-order chi connectivity index (χ0) is 19.2. The van der Waals surface area contributed by atoms with Gasteiger partial charge in [-0.1, -0.05) is 73.8 Å². The molecule has 0 heterocycles. The maximum Gasteiger partial charge on any atom is 0.455 e. The maximum absolute atomic E-state index is 13.0. The highest BCUT2D eigenvalue weighted by Gasteiger charge is 2.28. The van der Waals surface area contributed by atoms with E-state index in [2.05, 4.69) is 13.2 Å². The van der Waals surface area contributed by atoms with E-state index in [9.17, 15) is 9.13 Å². The Morgan fingerprint density at radius 2 is 1.15 bits per heavy atom. The summed E-state index contributed by atoms with van der Waals surface area (Å²) in [6.07, 6.45) is 0. The van der Waals surface area contributed by atoms with Crippen molar-refractivity contribution >= 4 is 26.7 Å². The Morgan fingerprint density at radius 1 is 0.769 bits per heavy atom. The molecule has 26 heavy (non-hydrogen) atoms. The third-order valence-corrected chi connectivity index (χ3v) is 5.35. The van der Waals surface area contributed by atoms with Crippen LogP contribution in [0, 0.1) is 0 Å². The lowest BCUT2D eigenvalue weighted by Gasteiger charge is -2.20. The van der Waals surface area contributed by atoms with Crippen LogP contribution in [-0.4, -0.2) is 9.79 Å². The van der Waals surface area contributed by atoms with Gasteiger partial charge < -0.3 is 18.8 Å². The Morgan fingerprint density at radius 3 is 1.50 bits per heavy atom. The maximum atomic E-state index is 13.0. The van der Waals surface area contributed by atoms with Crippen LogP contribution in [0.5, 0.6) is 0 Å². The van der Waals surface area contributed by atoms with Gasteiger partial charge in [-0.2, -0.15) is 0 Å². The Hall–Kier alpha value is -2.36. The molecule has 0 bridgehead atoms. The van der Waals surface area contributed by atoms with Crippen molar-refractivity contribution in [2.75, 3.05) is 0 Å². The van der Waals surface area contributed by atoms with Crippen LogP contribution in [0.2, 0.25) is 0 Å². The molecule has 136 valence electrons. The predicted molar refractivity (Wildman–Crippen MR) is 102 cm³/mol. The summed E-state index contributed by atoms with van der Waals surface area (Å²) >= 11 is 0. The molecule has 0 saturated carbocycles. The molecule has 0 saturated heterocycles. The van der Waals surface area contributed by atoms with Crippen molar-refractivity contribution in [1.82, 2.24) is 0 Å². The van der Waals surface area contributed by atoms with Gasteiger partial charge in [0, 0.05) is 16.9 Å². The summed E-state index contributed by atoms with van der Waals surface area (Å²) in [4.78, 5) is 18.1. The van der Waals surface area contributed by atoms with E-state index in [4.69, 9.17) is 18.8 Å². The lowest BCUT2D eigenvalue weighted by atomic mass is 10.2. The van der Waals surface area contributed by atoms with Crippen LogP contribution in [0.15, 0.2) is 85.5 Å². The highest BCUT2D eigenvalue weighted by Crippen LogP contribution is 2.57. The smallest absolute Gasteiger partial charge is 0.413 e. The van der Waals surface area contributed by atoms with Gasteiger partial charge in [0.15, 0.2) is 0 Å². The minimum absolute atomic E-state index is 0.0326. The highest BCUT2D eigenvalue weighted by molar-refractivity contribution is 7.60. The first-order valence-corrected chi connectivity index (χ1v) is 10.7. The number of hydrogen-bond donors (Lipinski definition) is 2. The summed E-state index contributed by atoms with van der Waals surface area (Å²) in [6, 6.07) is 17.3. The van der Waals surface area contributed by atoms with Gasteiger partial charge in [-0.15, -0.1) is 0 Å². The van der Waals surface area contributed by atoms with Gasteiger partial charge in [-0.25, -0.2) is 4.57 Å². The molecule has 8 heteroatoms. The molecule has 0 atom stereocenters. The molecule has 6 nitrogen and oxygen atoms in total. The van der Waals surface area contributed by atoms with Crippen LogP contribution < -0.4 is 0 Å². The van der Waals surface area contributed by atoms with Gasteiger partial charge in [0.1, 0.15) is 11.5 Å². The molecule has 0 radical (unpaired) electrons. The predicted octanol–water partition coefficient (Wildman–Crippen LogP) is 5.20. The quantitative estimate of drug-likeness (QED) is 0.474. The molecule has 2 aromatic carbocycles. The van der Waals surface area contributed by atoms with Crippen LogP contribution >= 0.6 is 15.2 Å². The summed E-state index contributed by atoms with van der Waals surface area (Å²) < 4.78 is 34.9. The molecule has 0 aliphatic rings. The van der Waals surface area contributed by atoms with E-state index in [0.717, 1.165) is 5.82 Å². The third-order valence-electron chi connectivity index (χ3n) is 3.11. The van der Waals surface area contributed by atoms with E-state index < -0.39 is 15.2 Å². The lowest BCUT2D eigenvalue weighted by molar-refractivity contribution is 0.364. The normalized spacial score (nSPS) is 11.9. The van der Waals surface area contributed by atoms with E-state index in [1.807, 2.05) is 0 Å². The molecule has 0 amide bonds. The summed E-state index contributed by atoms with van der Waals surface area (Å²) in [5.74, 6) is 1.26. The molecular weight excluding hydrogens is 374 g/mol. The van der Waals surface area contributed by atoms with E-state index in [0.29, 0.717) is 16.9 Å². The Bertz CT molecular complexity index is 842. The Kier molecular flexibility index (Phi) is 6.41. The van der Waals surface area contributed by atoms with E-state index in [1.165, 1.54) is 0 Å². The highest BCUT2D eigenvalue weighted by atomic mass is 31.2. The SMILES string of the molecule is C=C(OP(=O)(C=CP(=O)(O)O)OC(=C)c1ccccc1)c1ccccc1. The summed E-state index contributed by atoms with van der Waals surface area (Å²) in [6.45, 7) is 7.40. The number of hydrogen-bond acceptors (Lipinski definition) is 4. The molecular formula is C18H18O6P2. The monoisotopic (exact) mass is 392 g/mol. The van der Waals surface area contributed by atoms with Crippen LogP contribution in [0.3, 0.4) is 0 Å². The number of benzene rings is 2. The van der Waals surface area contributed by atoms with E-state index in [-0.39, 0.29) is 11.5 Å². The lowest BCUT2D eigenvalue weighted by Crippen LogP contribution is -1.94. The van der Waals surface area contributed by atoms with Gasteiger partial charge in [-0.05, 0) is 0 Å². The van der Waals surface area contributed by atoms with Crippen molar-refractivity contribution in [2.45, 2.75) is 0 Å². The molecule has 0 fully saturated rings. The van der Waals surface area contributed by atoms with Gasteiger partial charge in [0.2, 0.25) is 0 Å². The largest absolute Gasteiger partial charge is 0.455 e. The zero-order valence-electron chi connectivity index (χ0n) is 13.8. The molecule has 2 rings (SSSR count). The van der Waals surface area contributed by atoms with Crippen molar-refractivity contribution in [3.63, 3.8) is 0 Å². The Balaban J connectivity index is 2.29. The molecule has 2 N–H and O–H groups in total. The third kappa shape index (κ3) is 6.17. The van der Waals surface area contributed by atoms with Crippen molar-refractivity contribution in [1.29, 1.82) is 0 Å². The first-order chi connectivity index (χ1) is 12.2. The second-order valence-corrected chi connectivity index (χ2v) is 8.41. The van der Waals surface area contributed by atoms with E-state index >= 15 is 0 Å². The van der Waals surface area contributed by atoms with Gasteiger partial charge in [0.05, 0.1) is 5.82 Å². The standard InChI is InChI=1S/C18H18O6P2/c1-15(17-9-5-3-6-10-17)23-26(22,14-13-25(19,20)21)24-16(2)18-11-7-4-8-12-18/h3-14H,1-2H2,(H2,19,20,21). The van der Waals surface area contributed by atoms with Crippen LogP contribution in [-0.2, 0) is 18.2 Å². The second-order valence-electron chi connectivity index (χ2n) is 5.19. The molecule has 0 aromatic heterocycles. The fourth-order valence-electron chi connectivity index (χ4n) is 1.91. The molecule has 0 aliphatic heterocycles. The summed E-state index contributed by atoms with van der Waals surface area (Å²) in [7, 11) is -8.70. The topological polar surface area (TPSA) is 93.1 Å². The van der Waals surface area contributed by atoms with Crippen LogP contribution in [0.25, 0.3) is 11.5 Å². The average molecular weight is 392 g/mol. The molecule has 0 aliphatic carbocycles. The van der Waals surface area contributed by atoms with Crippen LogP contribution in [0.4, 0.5) is 0 Å². The Labute approximate surface area is 151 Å². The van der Waals surface area contributed by atoms with E-state index in [1.54, 1.807) is 60.7 Å². The van der Waals surface area contributed by atoms with Crippen molar-refractivity contribution in [2.24, 2.45) is 0 Å². The summed E-state index contributed by atoms with van der Waals surface area (Å²) in [5.41, 5.74) is 1.09. The summed E-state index contributed by atoms with van der Waals surface area (Å²) in [5, 5.41) is 0. The van der Waals surface area contributed by atoms with Crippen molar-refractivity contribution in [3.05, 3.63) is 96.6 Å². The minimum atomic E-state index is -4.57. The molecule has 0 spiro atoms. The van der Waals surface area contributed by atoms with Crippen molar-refractivity contribution < 1.29 is 28.0 Å². The van der Waals surface area contributed by atoms with Gasteiger partial charge in [-0.3, -0.25) is 4.57 Å². The number of rotatable bonds is 8. The first-order valence-electron chi connectivity index (χ1n) is 7.42. The van der Waals surface area contributed by atoms with Gasteiger partial charge in [0.25, 0.3) is 0 Å². The van der Waals surface area contributed by atoms with Crippen LogP contribution in [0.1, 0.15) is 11.1 Å². The minimum Gasteiger partial charge on any atom is -0.413 e. The fourth-order valence-corrected chi connectivity index (χ4v) is 4.24. The fraction of sp³-hybridized carbons (Fsp3) is 0. The molecule has 0 unspecified atom stereocenters. The second kappa shape index (κ2) is 8.35.